The van der Waals surface area contributed by atoms with E-state index in [4.69, 9.17) is 9.52 Å². The van der Waals surface area contributed by atoms with Gasteiger partial charge in [-0.3, -0.25) is 0 Å². The van der Waals surface area contributed by atoms with Gasteiger partial charge in [0.05, 0.1) is 12.3 Å². The summed E-state index contributed by atoms with van der Waals surface area (Å²) in [6.07, 6.45) is 6.74. The molecule has 0 bridgehead atoms. The summed E-state index contributed by atoms with van der Waals surface area (Å²) in [4.78, 5) is 7.49. The Labute approximate surface area is 81.4 Å². The quantitative estimate of drug-likeness (QED) is 0.786. The van der Waals surface area contributed by atoms with Gasteiger partial charge in [0, 0.05) is 0 Å². The van der Waals surface area contributed by atoms with E-state index in [9.17, 15) is 0 Å². The smallest absolute Gasteiger partial charge is 0.180 e. The molecule has 0 spiro atoms. The van der Waals surface area contributed by atoms with Crippen molar-refractivity contribution in [2.45, 2.75) is 20.0 Å². The van der Waals surface area contributed by atoms with Gasteiger partial charge < -0.3 is 13.9 Å². The molecular formula is C9H12N2O3. The van der Waals surface area contributed by atoms with E-state index >= 15 is 0 Å². The molecule has 0 atom stereocenters. The lowest BCUT2D eigenvalue weighted by molar-refractivity contribution is 0.276. The van der Waals surface area contributed by atoms with Gasteiger partial charge in [-0.2, -0.15) is 0 Å². The van der Waals surface area contributed by atoms with Gasteiger partial charge in [0.1, 0.15) is 18.2 Å². The first-order valence-electron chi connectivity index (χ1n) is 4.21. The zero-order valence-corrected chi connectivity index (χ0v) is 7.88. The molecule has 14 heavy (non-hydrogen) atoms. The number of aliphatic hydroxyl groups is 1. The maximum Gasteiger partial charge on any atom is 0.180 e. The molecule has 0 unspecified atom stereocenters. The van der Waals surface area contributed by atoms with E-state index in [1.54, 1.807) is 6.26 Å². The van der Waals surface area contributed by atoms with Crippen molar-refractivity contribution in [2.24, 2.45) is 0 Å². The summed E-state index contributed by atoms with van der Waals surface area (Å²) < 4.78 is 9.23. The fourth-order valence-corrected chi connectivity index (χ4v) is 0.728. The average molecular weight is 196 g/mol. The maximum atomic E-state index is 8.30. The van der Waals surface area contributed by atoms with Gasteiger partial charge in [0.2, 0.25) is 0 Å². The van der Waals surface area contributed by atoms with E-state index in [0.717, 1.165) is 12.1 Å². The summed E-state index contributed by atoms with van der Waals surface area (Å²) in [5.74, 6) is 0. The van der Waals surface area contributed by atoms with E-state index in [2.05, 4.69) is 14.4 Å². The Hall–Kier alpha value is -1.62. The molecule has 2 aromatic heterocycles. The Kier molecular flexibility index (Phi) is 4.43. The largest absolute Gasteiger partial charge is 0.451 e. The highest BCUT2D eigenvalue weighted by molar-refractivity contribution is 4.88. The normalized spacial score (nSPS) is 9.29. The topological polar surface area (TPSA) is 72.3 Å². The minimum atomic E-state index is -0.0451. The van der Waals surface area contributed by atoms with E-state index in [0.29, 0.717) is 5.69 Å². The molecule has 0 aliphatic heterocycles. The van der Waals surface area contributed by atoms with Crippen LogP contribution in [-0.2, 0) is 13.0 Å². The number of hydrogen-bond donors (Lipinski definition) is 1. The van der Waals surface area contributed by atoms with E-state index in [-0.39, 0.29) is 6.61 Å². The van der Waals surface area contributed by atoms with Crippen molar-refractivity contribution >= 4 is 0 Å². The minimum absolute atomic E-state index is 0.0451. The lowest BCUT2D eigenvalue weighted by atomic mass is 10.4. The Balaban J connectivity index is 0.000000140. The van der Waals surface area contributed by atoms with Crippen LogP contribution in [0.4, 0.5) is 0 Å². The molecule has 0 aliphatic carbocycles. The Bertz CT molecular complexity index is 281. The molecule has 0 aromatic carbocycles. The lowest BCUT2D eigenvalue weighted by Gasteiger charge is -1.75. The van der Waals surface area contributed by atoms with E-state index in [1.165, 1.54) is 19.1 Å². The van der Waals surface area contributed by atoms with Crippen molar-refractivity contribution in [1.29, 1.82) is 0 Å². The number of aromatic nitrogens is 2. The molecule has 5 heteroatoms. The van der Waals surface area contributed by atoms with Gasteiger partial charge in [-0.15, -0.1) is 0 Å². The molecule has 2 aromatic rings. The SMILES string of the molecule is CCc1cocn1.OCc1cocn1. The van der Waals surface area contributed by atoms with Crippen LogP contribution in [0.15, 0.2) is 34.1 Å². The highest BCUT2D eigenvalue weighted by atomic mass is 16.3. The number of aliphatic hydroxyl groups excluding tert-OH is 1. The fraction of sp³-hybridized carbons (Fsp3) is 0.333. The number of hydrogen-bond acceptors (Lipinski definition) is 5. The van der Waals surface area contributed by atoms with E-state index in [1.807, 2.05) is 6.92 Å². The van der Waals surface area contributed by atoms with Gasteiger partial charge in [-0.25, -0.2) is 9.97 Å². The van der Waals surface area contributed by atoms with Crippen molar-refractivity contribution < 1.29 is 13.9 Å². The maximum absolute atomic E-state index is 8.30. The van der Waals surface area contributed by atoms with Crippen LogP contribution >= 0.6 is 0 Å². The van der Waals surface area contributed by atoms with Crippen LogP contribution in [0.25, 0.3) is 0 Å². The highest BCUT2D eigenvalue weighted by Gasteiger charge is 1.87. The van der Waals surface area contributed by atoms with Gasteiger partial charge in [0.15, 0.2) is 12.8 Å². The summed E-state index contributed by atoms with van der Waals surface area (Å²) in [6, 6.07) is 0. The van der Waals surface area contributed by atoms with Crippen molar-refractivity contribution in [3.05, 3.63) is 36.7 Å². The first-order chi connectivity index (χ1) is 6.86. The molecule has 1 N–H and O–H groups in total. The summed E-state index contributed by atoms with van der Waals surface area (Å²) in [6.45, 7) is 1.99. The van der Waals surface area contributed by atoms with Crippen LogP contribution in [-0.4, -0.2) is 15.1 Å². The molecule has 2 heterocycles. The van der Waals surface area contributed by atoms with Crippen LogP contribution in [0.2, 0.25) is 0 Å². The van der Waals surface area contributed by atoms with Crippen LogP contribution in [0.3, 0.4) is 0 Å². The van der Waals surface area contributed by atoms with Crippen molar-refractivity contribution in [2.75, 3.05) is 0 Å². The number of oxazole rings is 2. The summed E-state index contributed by atoms with van der Waals surface area (Å²) >= 11 is 0. The van der Waals surface area contributed by atoms with Gasteiger partial charge in [-0.1, -0.05) is 6.92 Å². The zero-order chi connectivity index (χ0) is 10.2. The van der Waals surface area contributed by atoms with Crippen molar-refractivity contribution in [3.8, 4) is 0 Å². The Morgan fingerprint density at radius 3 is 1.93 bits per heavy atom. The van der Waals surface area contributed by atoms with Gasteiger partial charge >= 0.3 is 0 Å². The monoisotopic (exact) mass is 196 g/mol. The summed E-state index contributed by atoms with van der Waals surface area (Å²) in [5, 5.41) is 8.30. The molecule has 0 amide bonds. The molecule has 76 valence electrons. The highest BCUT2D eigenvalue weighted by Crippen LogP contribution is 1.92. The first kappa shape index (κ1) is 10.5. The van der Waals surface area contributed by atoms with Crippen molar-refractivity contribution in [3.63, 3.8) is 0 Å². The average Bonchev–Trinajstić information content (AvgIpc) is 2.92. The number of aryl methyl sites for hydroxylation is 1. The predicted octanol–water partition coefficient (Wildman–Crippen LogP) is 1.40. The first-order valence-corrected chi connectivity index (χ1v) is 4.21. The Morgan fingerprint density at radius 2 is 1.71 bits per heavy atom. The standard InChI is InChI=1S/C5H7NO.C4H5NO2/c1-2-5-3-7-4-6-5;6-1-4-2-7-3-5-4/h3-4H,2H2,1H3;2-3,6H,1H2. The number of nitrogens with zero attached hydrogens (tertiary/aromatic N) is 2. The molecule has 5 nitrogen and oxygen atoms in total. The third-order valence-electron chi connectivity index (χ3n) is 1.49. The zero-order valence-electron chi connectivity index (χ0n) is 7.88. The van der Waals surface area contributed by atoms with Crippen molar-refractivity contribution in [1.82, 2.24) is 9.97 Å². The van der Waals surface area contributed by atoms with Gasteiger partial charge in [0.25, 0.3) is 0 Å². The minimum Gasteiger partial charge on any atom is -0.451 e. The second-order valence-corrected chi connectivity index (χ2v) is 2.47. The van der Waals surface area contributed by atoms with Crippen LogP contribution < -0.4 is 0 Å². The molecule has 0 aliphatic rings. The van der Waals surface area contributed by atoms with Crippen LogP contribution in [0.1, 0.15) is 18.3 Å². The Morgan fingerprint density at radius 1 is 1.14 bits per heavy atom. The fourth-order valence-electron chi connectivity index (χ4n) is 0.728. The molecular weight excluding hydrogens is 184 g/mol. The van der Waals surface area contributed by atoms with E-state index < -0.39 is 0 Å². The summed E-state index contributed by atoms with van der Waals surface area (Å²) in [7, 11) is 0. The predicted molar refractivity (Wildman–Crippen MR) is 48.3 cm³/mol. The second kappa shape index (κ2) is 5.93. The molecule has 0 saturated carbocycles. The molecule has 0 saturated heterocycles. The van der Waals surface area contributed by atoms with Crippen LogP contribution in [0.5, 0.6) is 0 Å². The van der Waals surface area contributed by atoms with Gasteiger partial charge in [-0.05, 0) is 6.42 Å². The molecule has 2 rings (SSSR count). The number of rotatable bonds is 2. The molecule has 0 radical (unpaired) electrons. The second-order valence-electron chi connectivity index (χ2n) is 2.47. The lowest BCUT2D eigenvalue weighted by Crippen LogP contribution is -1.77. The third kappa shape index (κ3) is 3.40. The summed E-state index contributed by atoms with van der Waals surface area (Å²) in [5.41, 5.74) is 1.58. The molecule has 0 fully saturated rings. The third-order valence-corrected chi connectivity index (χ3v) is 1.49. The van der Waals surface area contributed by atoms with Crippen LogP contribution in [0, 0.1) is 0 Å².